The molecule has 168 valence electrons. The molecule has 0 aromatic rings. The quantitative estimate of drug-likeness (QED) is 0.226. The first kappa shape index (κ1) is 25.7. The van der Waals surface area contributed by atoms with E-state index in [0.717, 1.165) is 19.3 Å². The summed E-state index contributed by atoms with van der Waals surface area (Å²) >= 11 is 0. The summed E-state index contributed by atoms with van der Waals surface area (Å²) < 4.78 is 44.8. The molecule has 10 heteroatoms. The average molecular weight is 429 g/mol. The monoisotopic (exact) mass is 428 g/mol. The SMILES string of the molecule is CCCCCCCCCCCCO[C@H]1O[C@H](COS(=O)(=O)O)[C@@H](O)[C@H](O)[C@H]1O. The van der Waals surface area contributed by atoms with Crippen LogP contribution in [0.2, 0.25) is 0 Å². The van der Waals surface area contributed by atoms with E-state index in [0.29, 0.717) is 6.61 Å². The minimum Gasteiger partial charge on any atom is -0.387 e. The van der Waals surface area contributed by atoms with E-state index in [2.05, 4.69) is 11.1 Å². The van der Waals surface area contributed by atoms with Gasteiger partial charge in [-0.25, -0.2) is 4.18 Å². The summed E-state index contributed by atoms with van der Waals surface area (Å²) in [6.45, 7) is 1.80. The lowest BCUT2D eigenvalue weighted by Crippen LogP contribution is -2.59. The van der Waals surface area contributed by atoms with Crippen molar-refractivity contribution in [3.63, 3.8) is 0 Å². The zero-order valence-corrected chi connectivity index (χ0v) is 17.4. The number of aliphatic hydroxyl groups excluding tert-OH is 3. The maximum atomic E-state index is 10.6. The van der Waals surface area contributed by atoms with Gasteiger partial charge in [-0.1, -0.05) is 64.7 Å². The maximum Gasteiger partial charge on any atom is 0.397 e. The van der Waals surface area contributed by atoms with Crippen molar-refractivity contribution >= 4 is 10.4 Å². The van der Waals surface area contributed by atoms with E-state index in [1.165, 1.54) is 44.9 Å². The molecule has 0 radical (unpaired) electrons. The molecule has 1 fully saturated rings. The molecule has 0 bridgehead atoms. The van der Waals surface area contributed by atoms with E-state index in [9.17, 15) is 23.7 Å². The predicted octanol–water partition coefficient (Wildman–Crippen LogP) is 1.55. The van der Waals surface area contributed by atoms with Gasteiger partial charge in [-0.2, -0.15) is 8.42 Å². The van der Waals surface area contributed by atoms with Gasteiger partial charge in [0.05, 0.1) is 6.61 Å². The summed E-state index contributed by atoms with van der Waals surface area (Å²) in [4.78, 5) is 0. The fourth-order valence-electron chi connectivity index (χ4n) is 3.13. The molecule has 4 N–H and O–H groups in total. The Hall–Kier alpha value is -0.330. The van der Waals surface area contributed by atoms with Crippen LogP contribution in [0.5, 0.6) is 0 Å². The van der Waals surface area contributed by atoms with Crippen LogP contribution in [0.15, 0.2) is 0 Å². The van der Waals surface area contributed by atoms with Crippen molar-refractivity contribution < 1.29 is 41.9 Å². The second-order valence-electron chi connectivity index (χ2n) is 7.28. The van der Waals surface area contributed by atoms with Crippen LogP contribution in [0, 0.1) is 0 Å². The van der Waals surface area contributed by atoms with Crippen molar-refractivity contribution in [1.29, 1.82) is 0 Å². The molecule has 1 aliphatic rings. The Morgan fingerprint density at radius 1 is 0.821 bits per heavy atom. The van der Waals surface area contributed by atoms with Gasteiger partial charge in [0.2, 0.25) is 0 Å². The van der Waals surface area contributed by atoms with Crippen molar-refractivity contribution in [1.82, 2.24) is 0 Å². The molecule has 0 aromatic carbocycles. The van der Waals surface area contributed by atoms with E-state index >= 15 is 0 Å². The van der Waals surface area contributed by atoms with Crippen LogP contribution in [0.1, 0.15) is 71.1 Å². The third-order valence-corrected chi connectivity index (χ3v) is 5.26. The van der Waals surface area contributed by atoms with Gasteiger partial charge < -0.3 is 24.8 Å². The summed E-state index contributed by atoms with van der Waals surface area (Å²) in [5.41, 5.74) is 0. The topological polar surface area (TPSA) is 143 Å². The van der Waals surface area contributed by atoms with Gasteiger partial charge in [-0.15, -0.1) is 0 Å². The fraction of sp³-hybridized carbons (Fsp3) is 1.00. The molecule has 0 saturated carbocycles. The lowest BCUT2D eigenvalue weighted by atomic mass is 9.99. The molecule has 0 spiro atoms. The molecule has 0 unspecified atom stereocenters. The number of ether oxygens (including phenoxy) is 2. The number of hydrogen-bond donors (Lipinski definition) is 4. The zero-order valence-electron chi connectivity index (χ0n) is 16.6. The van der Waals surface area contributed by atoms with Gasteiger partial charge >= 0.3 is 10.4 Å². The third-order valence-electron chi connectivity index (χ3n) is 4.83. The van der Waals surface area contributed by atoms with Crippen molar-refractivity contribution in [2.75, 3.05) is 13.2 Å². The van der Waals surface area contributed by atoms with Crippen LogP contribution in [0.25, 0.3) is 0 Å². The van der Waals surface area contributed by atoms with Crippen molar-refractivity contribution in [3.8, 4) is 0 Å². The Bertz CT molecular complexity index is 499. The molecule has 0 aromatic heterocycles. The number of aliphatic hydroxyl groups is 3. The molecule has 28 heavy (non-hydrogen) atoms. The molecule has 1 heterocycles. The Balaban J connectivity index is 2.20. The van der Waals surface area contributed by atoms with E-state index in [1.54, 1.807) is 0 Å². The third kappa shape index (κ3) is 10.4. The first-order chi connectivity index (χ1) is 13.3. The Morgan fingerprint density at radius 2 is 1.36 bits per heavy atom. The molecule has 0 aliphatic carbocycles. The van der Waals surface area contributed by atoms with Crippen LogP contribution in [0.3, 0.4) is 0 Å². The highest BCUT2D eigenvalue weighted by molar-refractivity contribution is 7.80. The summed E-state index contributed by atoms with van der Waals surface area (Å²) in [6, 6.07) is 0. The zero-order chi connectivity index (χ0) is 21.0. The molecule has 1 rings (SSSR count). The van der Waals surface area contributed by atoms with Crippen LogP contribution < -0.4 is 0 Å². The van der Waals surface area contributed by atoms with Crippen LogP contribution in [-0.4, -0.2) is 72.2 Å². The second-order valence-corrected chi connectivity index (χ2v) is 8.37. The molecule has 1 saturated heterocycles. The van der Waals surface area contributed by atoms with Gasteiger partial charge in [-0.05, 0) is 6.42 Å². The highest BCUT2D eigenvalue weighted by Crippen LogP contribution is 2.23. The van der Waals surface area contributed by atoms with E-state index in [1.807, 2.05) is 0 Å². The van der Waals surface area contributed by atoms with E-state index < -0.39 is 47.7 Å². The van der Waals surface area contributed by atoms with Gasteiger partial charge in [0.1, 0.15) is 24.4 Å². The molecule has 5 atom stereocenters. The second kappa shape index (κ2) is 13.8. The summed E-state index contributed by atoms with van der Waals surface area (Å²) in [7, 11) is -4.71. The minimum absolute atomic E-state index is 0.299. The lowest BCUT2D eigenvalue weighted by molar-refractivity contribution is -0.300. The predicted molar refractivity (Wildman–Crippen MR) is 102 cm³/mol. The Morgan fingerprint density at radius 3 is 1.89 bits per heavy atom. The molecular weight excluding hydrogens is 392 g/mol. The lowest BCUT2D eigenvalue weighted by Gasteiger charge is -2.39. The highest BCUT2D eigenvalue weighted by Gasteiger charge is 2.44. The van der Waals surface area contributed by atoms with Crippen molar-refractivity contribution in [2.45, 2.75) is 102 Å². The van der Waals surface area contributed by atoms with Gasteiger partial charge in [0.15, 0.2) is 6.29 Å². The Kier molecular flexibility index (Phi) is 12.7. The normalized spacial score (nSPS) is 28.5. The van der Waals surface area contributed by atoms with Crippen molar-refractivity contribution in [2.24, 2.45) is 0 Å². The molecule has 1 aliphatic heterocycles. The summed E-state index contributed by atoms with van der Waals surface area (Å²) in [5.74, 6) is 0. The van der Waals surface area contributed by atoms with E-state index in [-0.39, 0.29) is 0 Å². The maximum absolute atomic E-state index is 10.6. The standard InChI is InChI=1S/C18H36O9S/c1-2-3-4-5-6-7-8-9-10-11-12-25-18-17(21)16(20)15(19)14(27-18)13-26-28(22,23)24/h14-21H,2-13H2,1H3,(H,22,23,24)/t14-,15-,16+,17-,18+/m1/s1. The van der Waals surface area contributed by atoms with Crippen molar-refractivity contribution in [3.05, 3.63) is 0 Å². The van der Waals surface area contributed by atoms with Gasteiger partial charge in [0, 0.05) is 6.61 Å². The number of hydrogen-bond acceptors (Lipinski definition) is 8. The molecular formula is C18H36O9S. The summed E-state index contributed by atoms with van der Waals surface area (Å²) in [6.07, 6.45) is 4.55. The minimum atomic E-state index is -4.71. The first-order valence-electron chi connectivity index (χ1n) is 10.2. The Labute approximate surface area is 167 Å². The number of rotatable bonds is 15. The largest absolute Gasteiger partial charge is 0.397 e. The molecule has 0 amide bonds. The van der Waals surface area contributed by atoms with Crippen LogP contribution >= 0.6 is 0 Å². The first-order valence-corrected chi connectivity index (χ1v) is 11.6. The van der Waals surface area contributed by atoms with Crippen LogP contribution in [-0.2, 0) is 24.1 Å². The van der Waals surface area contributed by atoms with Gasteiger partial charge in [-0.3, -0.25) is 4.55 Å². The smallest absolute Gasteiger partial charge is 0.387 e. The van der Waals surface area contributed by atoms with E-state index in [4.69, 9.17) is 14.0 Å². The highest BCUT2D eigenvalue weighted by atomic mass is 32.3. The molecule has 9 nitrogen and oxygen atoms in total. The van der Waals surface area contributed by atoms with Crippen LogP contribution in [0.4, 0.5) is 0 Å². The number of unbranched alkanes of at least 4 members (excludes halogenated alkanes) is 9. The fourth-order valence-corrected chi connectivity index (χ4v) is 3.44. The average Bonchev–Trinajstić information content (AvgIpc) is 2.64. The van der Waals surface area contributed by atoms with Gasteiger partial charge in [0.25, 0.3) is 0 Å². The summed E-state index contributed by atoms with van der Waals surface area (Å²) in [5, 5.41) is 29.6.